The van der Waals surface area contributed by atoms with Crippen molar-refractivity contribution >= 4 is 0 Å². The maximum Gasteiger partial charge on any atom is 0.161 e. The van der Waals surface area contributed by atoms with Crippen molar-refractivity contribution in [3.63, 3.8) is 0 Å². The quantitative estimate of drug-likeness (QED) is 0.475. The molecule has 2 saturated heterocycles. The predicted molar refractivity (Wildman–Crippen MR) is 128 cm³/mol. The highest BCUT2D eigenvalue weighted by atomic mass is 16.5. The first-order valence-electron chi connectivity index (χ1n) is 12.5. The van der Waals surface area contributed by atoms with Gasteiger partial charge in [-0.2, -0.15) is 0 Å². The Hall–Kier alpha value is -1.38. The molecule has 1 atom stereocenters. The summed E-state index contributed by atoms with van der Waals surface area (Å²) in [6.45, 7) is 9.79. The highest BCUT2D eigenvalue weighted by molar-refractivity contribution is 5.43. The van der Waals surface area contributed by atoms with Gasteiger partial charge in [-0.25, -0.2) is 0 Å². The van der Waals surface area contributed by atoms with E-state index in [-0.39, 0.29) is 6.61 Å². The van der Waals surface area contributed by atoms with E-state index in [1.807, 2.05) is 12.1 Å². The molecule has 2 heterocycles. The van der Waals surface area contributed by atoms with Crippen LogP contribution in [-0.4, -0.2) is 93.8 Å². The van der Waals surface area contributed by atoms with Gasteiger partial charge in [-0.15, -0.1) is 0 Å². The number of morpholine rings is 1. The lowest BCUT2D eigenvalue weighted by atomic mass is 10.1. The van der Waals surface area contributed by atoms with Crippen molar-refractivity contribution in [3.8, 4) is 11.5 Å². The second-order valence-electron chi connectivity index (χ2n) is 9.00. The predicted octanol–water partition coefficient (Wildman–Crippen LogP) is 2.51. The van der Waals surface area contributed by atoms with E-state index < -0.39 is 6.10 Å². The Morgan fingerprint density at radius 1 is 1.00 bits per heavy atom. The number of aliphatic hydroxyl groups is 1. The van der Waals surface area contributed by atoms with Crippen molar-refractivity contribution in [3.05, 3.63) is 23.8 Å². The summed E-state index contributed by atoms with van der Waals surface area (Å²) in [4.78, 5) is 4.84. The Morgan fingerprint density at radius 2 is 1.75 bits per heavy atom. The van der Waals surface area contributed by atoms with Crippen LogP contribution in [0.15, 0.2) is 18.2 Å². The summed E-state index contributed by atoms with van der Waals surface area (Å²) >= 11 is 0. The summed E-state index contributed by atoms with van der Waals surface area (Å²) in [6, 6.07) is 6.04. The van der Waals surface area contributed by atoms with E-state index in [0.29, 0.717) is 18.0 Å². The molecular formula is C25H43N3O4. The van der Waals surface area contributed by atoms with E-state index in [4.69, 9.17) is 14.2 Å². The average Bonchev–Trinajstić information content (AvgIpc) is 2.80. The molecule has 0 bridgehead atoms. The molecule has 1 aromatic carbocycles. The van der Waals surface area contributed by atoms with Gasteiger partial charge in [0.15, 0.2) is 11.5 Å². The molecule has 0 amide bonds. The third-order valence-corrected chi connectivity index (χ3v) is 6.34. The molecule has 2 N–H and O–H groups in total. The normalized spacial score (nSPS) is 19.8. The van der Waals surface area contributed by atoms with Crippen LogP contribution in [0.1, 0.15) is 44.1 Å². The van der Waals surface area contributed by atoms with E-state index in [0.717, 1.165) is 71.0 Å². The minimum atomic E-state index is -0.499. The molecule has 182 valence electrons. The first-order valence-corrected chi connectivity index (χ1v) is 12.5. The van der Waals surface area contributed by atoms with Crippen molar-refractivity contribution in [2.24, 2.45) is 0 Å². The summed E-state index contributed by atoms with van der Waals surface area (Å²) in [5.74, 6) is 1.41. The lowest BCUT2D eigenvalue weighted by Gasteiger charge is -2.27. The minimum Gasteiger partial charge on any atom is -0.493 e. The van der Waals surface area contributed by atoms with Crippen molar-refractivity contribution in [1.29, 1.82) is 0 Å². The molecule has 7 heteroatoms. The van der Waals surface area contributed by atoms with E-state index in [1.165, 1.54) is 32.1 Å². The third-order valence-electron chi connectivity index (χ3n) is 6.34. The highest BCUT2D eigenvalue weighted by Crippen LogP contribution is 2.28. The van der Waals surface area contributed by atoms with Crippen molar-refractivity contribution in [1.82, 2.24) is 15.1 Å². The average molecular weight is 450 g/mol. The zero-order valence-electron chi connectivity index (χ0n) is 19.9. The molecule has 0 saturated carbocycles. The summed E-state index contributed by atoms with van der Waals surface area (Å²) in [6.07, 6.45) is 7.02. The van der Waals surface area contributed by atoms with Gasteiger partial charge in [-0.3, -0.25) is 4.90 Å². The summed E-state index contributed by atoms with van der Waals surface area (Å²) in [5, 5.41) is 14.1. The number of ether oxygens (including phenoxy) is 3. The maximum absolute atomic E-state index is 10.5. The first-order chi connectivity index (χ1) is 15.7. The van der Waals surface area contributed by atoms with Crippen molar-refractivity contribution in [2.75, 3.05) is 72.7 Å². The van der Waals surface area contributed by atoms with Gasteiger partial charge in [0, 0.05) is 26.2 Å². The number of β-amino-alcohol motifs (C(OH)–C–C–N with tert-alkyl or cyclic N) is 1. The molecule has 0 aromatic heterocycles. The largest absolute Gasteiger partial charge is 0.493 e. The van der Waals surface area contributed by atoms with E-state index in [1.54, 1.807) is 7.11 Å². The van der Waals surface area contributed by atoms with Gasteiger partial charge >= 0.3 is 0 Å². The molecule has 1 aromatic rings. The molecule has 0 spiro atoms. The fourth-order valence-electron chi connectivity index (χ4n) is 4.46. The standard InChI is InChI=1S/C25H43N3O4/c1-30-24-9-8-22(19-26-10-7-13-27-14-16-31-17-15-27)18-25(24)32-21-23(29)20-28-11-5-3-2-4-6-12-28/h8-9,18,23,26,29H,2-7,10-17,19-21H2,1H3. The van der Waals surface area contributed by atoms with Gasteiger partial charge in [-0.1, -0.05) is 25.3 Å². The van der Waals surface area contributed by atoms with Crippen LogP contribution in [0.3, 0.4) is 0 Å². The number of nitrogens with zero attached hydrogens (tertiary/aromatic N) is 2. The zero-order valence-corrected chi connectivity index (χ0v) is 19.9. The first kappa shape index (κ1) is 25.2. The van der Waals surface area contributed by atoms with E-state index in [9.17, 15) is 5.11 Å². The number of rotatable bonds is 12. The molecule has 2 fully saturated rings. The molecular weight excluding hydrogens is 406 g/mol. The van der Waals surface area contributed by atoms with Crippen LogP contribution >= 0.6 is 0 Å². The van der Waals surface area contributed by atoms with Crippen LogP contribution in [0, 0.1) is 0 Å². The fraction of sp³-hybridized carbons (Fsp3) is 0.760. The monoisotopic (exact) mass is 449 g/mol. The summed E-state index contributed by atoms with van der Waals surface area (Å²) < 4.78 is 16.9. The Morgan fingerprint density at radius 3 is 2.50 bits per heavy atom. The molecule has 32 heavy (non-hydrogen) atoms. The second kappa shape index (κ2) is 14.7. The van der Waals surface area contributed by atoms with Gasteiger partial charge in [0.2, 0.25) is 0 Å². The van der Waals surface area contributed by atoms with Gasteiger partial charge < -0.3 is 29.5 Å². The van der Waals surface area contributed by atoms with E-state index >= 15 is 0 Å². The molecule has 0 aliphatic carbocycles. The Kier molecular flexibility index (Phi) is 11.6. The Balaban J connectivity index is 1.39. The van der Waals surface area contributed by atoms with Crippen LogP contribution in [0.4, 0.5) is 0 Å². The fourth-order valence-corrected chi connectivity index (χ4v) is 4.46. The maximum atomic E-state index is 10.5. The van der Waals surface area contributed by atoms with Crippen molar-refractivity contribution in [2.45, 2.75) is 51.2 Å². The summed E-state index contributed by atoms with van der Waals surface area (Å²) in [7, 11) is 1.66. The lowest BCUT2D eigenvalue weighted by molar-refractivity contribution is 0.0374. The van der Waals surface area contributed by atoms with Crippen LogP contribution < -0.4 is 14.8 Å². The number of likely N-dealkylation sites (tertiary alicyclic amines) is 1. The van der Waals surface area contributed by atoms with Gasteiger partial charge in [-0.05, 0) is 63.1 Å². The third kappa shape index (κ3) is 9.24. The van der Waals surface area contributed by atoms with Crippen LogP contribution in [-0.2, 0) is 11.3 Å². The Bertz CT molecular complexity index is 632. The van der Waals surface area contributed by atoms with Crippen LogP contribution in [0.25, 0.3) is 0 Å². The zero-order chi connectivity index (χ0) is 22.4. The second-order valence-corrected chi connectivity index (χ2v) is 9.00. The number of aliphatic hydroxyl groups excluding tert-OH is 1. The molecule has 3 rings (SSSR count). The Labute approximate surface area is 194 Å². The molecule has 7 nitrogen and oxygen atoms in total. The molecule has 2 aliphatic rings. The molecule has 2 aliphatic heterocycles. The number of methoxy groups -OCH3 is 1. The number of benzene rings is 1. The van der Waals surface area contributed by atoms with Gasteiger partial charge in [0.25, 0.3) is 0 Å². The number of hydrogen-bond donors (Lipinski definition) is 2. The molecule has 0 radical (unpaired) electrons. The van der Waals surface area contributed by atoms with Gasteiger partial charge in [0.05, 0.1) is 20.3 Å². The van der Waals surface area contributed by atoms with Gasteiger partial charge in [0.1, 0.15) is 12.7 Å². The van der Waals surface area contributed by atoms with Crippen LogP contribution in [0.5, 0.6) is 11.5 Å². The minimum absolute atomic E-state index is 0.281. The van der Waals surface area contributed by atoms with Crippen LogP contribution in [0.2, 0.25) is 0 Å². The lowest BCUT2D eigenvalue weighted by Crippen LogP contribution is -2.37. The summed E-state index contributed by atoms with van der Waals surface area (Å²) in [5.41, 5.74) is 1.16. The number of hydrogen-bond acceptors (Lipinski definition) is 7. The SMILES string of the molecule is COc1ccc(CNCCCN2CCOCC2)cc1OCC(O)CN1CCCCCCC1. The smallest absolute Gasteiger partial charge is 0.161 e. The number of nitrogens with one attached hydrogen (secondary N) is 1. The highest BCUT2D eigenvalue weighted by Gasteiger charge is 2.15. The van der Waals surface area contributed by atoms with E-state index in [2.05, 4.69) is 21.2 Å². The van der Waals surface area contributed by atoms with Crippen molar-refractivity contribution < 1.29 is 19.3 Å². The molecule has 1 unspecified atom stereocenters. The topological polar surface area (TPSA) is 66.4 Å².